The van der Waals surface area contributed by atoms with Crippen molar-refractivity contribution in [2.24, 2.45) is 5.92 Å². The molecule has 0 fully saturated rings. The lowest BCUT2D eigenvalue weighted by atomic mass is 9.90. The number of para-hydroxylation sites is 1. The summed E-state index contributed by atoms with van der Waals surface area (Å²) in [6.07, 6.45) is 3.44. The lowest BCUT2D eigenvalue weighted by Crippen LogP contribution is -2.35. The summed E-state index contributed by atoms with van der Waals surface area (Å²) in [5.74, 6) is 1.64. The zero-order valence-corrected chi connectivity index (χ0v) is 17.4. The van der Waals surface area contributed by atoms with E-state index in [4.69, 9.17) is 14.5 Å². The van der Waals surface area contributed by atoms with E-state index in [1.165, 1.54) is 35.3 Å². The molecule has 0 radical (unpaired) electrons. The van der Waals surface area contributed by atoms with Crippen molar-refractivity contribution in [2.45, 2.75) is 65.9 Å². The lowest BCUT2D eigenvalue weighted by molar-refractivity contribution is 0.0387. The van der Waals surface area contributed by atoms with Gasteiger partial charge in [-0.3, -0.25) is 9.88 Å². The molecule has 150 valence electrons. The van der Waals surface area contributed by atoms with Gasteiger partial charge in [-0.25, -0.2) is 0 Å². The summed E-state index contributed by atoms with van der Waals surface area (Å²) in [4.78, 5) is 7.68. The second kappa shape index (κ2) is 8.62. The Bertz CT molecular complexity index is 804. The van der Waals surface area contributed by atoms with Gasteiger partial charge in [-0.1, -0.05) is 32.0 Å². The van der Waals surface area contributed by atoms with E-state index in [2.05, 4.69) is 25.7 Å². The summed E-state index contributed by atoms with van der Waals surface area (Å²) in [5, 5.41) is 0. The number of ether oxygens (including phenoxy) is 2. The van der Waals surface area contributed by atoms with Crippen LogP contribution in [0.15, 0.2) is 30.3 Å². The van der Waals surface area contributed by atoms with E-state index >= 15 is 0 Å². The van der Waals surface area contributed by atoms with Crippen LogP contribution in [-0.2, 0) is 37.3 Å². The van der Waals surface area contributed by atoms with Crippen molar-refractivity contribution in [3.63, 3.8) is 0 Å². The van der Waals surface area contributed by atoms with Gasteiger partial charge in [0.05, 0.1) is 18.4 Å². The van der Waals surface area contributed by atoms with Crippen molar-refractivity contribution >= 4 is 0 Å². The Labute approximate surface area is 168 Å². The minimum absolute atomic E-state index is 0.239. The Balaban J connectivity index is 1.59. The van der Waals surface area contributed by atoms with Crippen molar-refractivity contribution in [2.75, 3.05) is 13.1 Å². The molecule has 0 saturated carbocycles. The maximum Gasteiger partial charge on any atom is 0.130 e. The summed E-state index contributed by atoms with van der Waals surface area (Å²) < 4.78 is 12.1. The molecule has 0 saturated heterocycles. The van der Waals surface area contributed by atoms with Crippen molar-refractivity contribution in [3.8, 4) is 5.75 Å². The summed E-state index contributed by atoms with van der Waals surface area (Å²) in [6, 6.07) is 10.0. The Morgan fingerprint density at radius 1 is 1.18 bits per heavy atom. The molecule has 4 rings (SSSR count). The van der Waals surface area contributed by atoms with Gasteiger partial charge in [-0.2, -0.15) is 0 Å². The Morgan fingerprint density at radius 3 is 2.79 bits per heavy atom. The van der Waals surface area contributed by atoms with Gasteiger partial charge in [-0.15, -0.1) is 0 Å². The molecule has 4 nitrogen and oxygen atoms in total. The smallest absolute Gasteiger partial charge is 0.130 e. The first-order valence-corrected chi connectivity index (χ1v) is 10.6. The van der Waals surface area contributed by atoms with Crippen LogP contribution in [0.4, 0.5) is 0 Å². The molecular weight excluding hydrogens is 348 g/mol. The Morgan fingerprint density at radius 2 is 2.00 bits per heavy atom. The number of hydrogen-bond acceptors (Lipinski definition) is 4. The van der Waals surface area contributed by atoms with Crippen molar-refractivity contribution < 1.29 is 9.47 Å². The predicted octanol–water partition coefficient (Wildman–Crippen LogP) is 4.53. The van der Waals surface area contributed by atoms with E-state index < -0.39 is 0 Å². The topological polar surface area (TPSA) is 34.6 Å². The third kappa shape index (κ3) is 4.39. The highest BCUT2D eigenvalue weighted by molar-refractivity contribution is 5.43. The fourth-order valence-corrected chi connectivity index (χ4v) is 4.20. The summed E-state index contributed by atoms with van der Waals surface area (Å²) in [7, 11) is 0. The summed E-state index contributed by atoms with van der Waals surface area (Å²) >= 11 is 0. The molecule has 0 aliphatic carbocycles. The average molecular weight is 381 g/mol. The molecule has 0 N–H and O–H groups in total. The van der Waals surface area contributed by atoms with Gasteiger partial charge in [0.15, 0.2) is 0 Å². The normalized spacial score (nSPS) is 19.4. The molecule has 28 heavy (non-hydrogen) atoms. The first-order valence-electron chi connectivity index (χ1n) is 10.6. The first kappa shape index (κ1) is 19.4. The van der Waals surface area contributed by atoms with E-state index in [-0.39, 0.29) is 6.10 Å². The van der Waals surface area contributed by atoms with E-state index in [1.807, 2.05) is 30.3 Å². The molecule has 0 amide bonds. The van der Waals surface area contributed by atoms with Gasteiger partial charge in [0, 0.05) is 31.6 Å². The van der Waals surface area contributed by atoms with Crippen LogP contribution in [0.3, 0.4) is 0 Å². The maximum atomic E-state index is 6.06. The van der Waals surface area contributed by atoms with Crippen molar-refractivity contribution in [3.05, 3.63) is 58.4 Å². The average Bonchev–Trinajstić information content (AvgIpc) is 2.71. The molecule has 1 aromatic heterocycles. The van der Waals surface area contributed by atoms with E-state index in [0.717, 1.165) is 43.3 Å². The molecule has 1 aromatic carbocycles. The quantitative estimate of drug-likeness (QED) is 0.738. The van der Waals surface area contributed by atoms with Crippen LogP contribution in [-0.4, -0.2) is 29.1 Å². The number of pyridine rings is 1. The van der Waals surface area contributed by atoms with Gasteiger partial charge in [0.1, 0.15) is 12.4 Å². The van der Waals surface area contributed by atoms with Gasteiger partial charge in [-0.05, 0) is 54.6 Å². The number of fused-ring (bicyclic) bond motifs is 3. The molecule has 4 heteroatoms. The third-order valence-electron chi connectivity index (χ3n) is 5.89. The number of aromatic nitrogens is 1. The molecule has 2 aromatic rings. The number of benzene rings is 1. The van der Waals surface area contributed by atoms with Gasteiger partial charge < -0.3 is 9.47 Å². The highest BCUT2D eigenvalue weighted by Gasteiger charge is 2.28. The number of nitrogens with zero attached hydrogens (tertiary/aromatic N) is 2. The molecular formula is C24H32N2O2. The highest BCUT2D eigenvalue weighted by atomic mass is 16.5. The summed E-state index contributed by atoms with van der Waals surface area (Å²) in [6.45, 7) is 11.3. The minimum atomic E-state index is 0.239. The molecule has 2 aliphatic heterocycles. The van der Waals surface area contributed by atoms with Crippen LogP contribution in [0.5, 0.6) is 5.75 Å². The predicted molar refractivity (Wildman–Crippen MR) is 111 cm³/mol. The Hall–Kier alpha value is -1.91. The van der Waals surface area contributed by atoms with Gasteiger partial charge >= 0.3 is 0 Å². The minimum Gasteiger partial charge on any atom is -0.487 e. The van der Waals surface area contributed by atoms with Crippen LogP contribution in [0.1, 0.15) is 55.3 Å². The second-order valence-corrected chi connectivity index (χ2v) is 8.58. The SMILES string of the molecule is CC(C)CCN1CCc2nc(COc3ccccc3)c3c(c2C1)CO[C@@H](C)C3. The molecule has 0 spiro atoms. The molecule has 3 heterocycles. The summed E-state index contributed by atoms with van der Waals surface area (Å²) in [5.41, 5.74) is 6.51. The fourth-order valence-electron chi connectivity index (χ4n) is 4.20. The first-order chi connectivity index (χ1) is 13.6. The van der Waals surface area contributed by atoms with Crippen LogP contribution in [0, 0.1) is 5.92 Å². The monoisotopic (exact) mass is 380 g/mol. The van der Waals surface area contributed by atoms with Crippen LogP contribution in [0.25, 0.3) is 0 Å². The molecule has 2 aliphatic rings. The maximum absolute atomic E-state index is 6.06. The molecule has 0 unspecified atom stereocenters. The third-order valence-corrected chi connectivity index (χ3v) is 5.89. The Kier molecular flexibility index (Phi) is 5.98. The largest absolute Gasteiger partial charge is 0.487 e. The van der Waals surface area contributed by atoms with Crippen molar-refractivity contribution in [1.29, 1.82) is 0 Å². The van der Waals surface area contributed by atoms with Crippen molar-refractivity contribution in [1.82, 2.24) is 9.88 Å². The van der Waals surface area contributed by atoms with Gasteiger partial charge in [0.2, 0.25) is 0 Å². The van der Waals surface area contributed by atoms with E-state index in [0.29, 0.717) is 13.2 Å². The molecule has 0 bridgehead atoms. The highest BCUT2D eigenvalue weighted by Crippen LogP contribution is 2.32. The zero-order chi connectivity index (χ0) is 19.5. The number of rotatable bonds is 6. The van der Waals surface area contributed by atoms with Crippen LogP contribution >= 0.6 is 0 Å². The van der Waals surface area contributed by atoms with Crippen LogP contribution < -0.4 is 4.74 Å². The van der Waals surface area contributed by atoms with E-state index in [1.54, 1.807) is 0 Å². The fraction of sp³-hybridized carbons (Fsp3) is 0.542. The zero-order valence-electron chi connectivity index (χ0n) is 17.4. The van der Waals surface area contributed by atoms with Gasteiger partial charge in [0.25, 0.3) is 0 Å². The standard InChI is InChI=1S/C24H32N2O2/c1-17(2)9-11-26-12-10-23-21(14-26)22-15-27-18(3)13-20(22)24(25-23)16-28-19-7-5-4-6-8-19/h4-8,17-18H,9-16H2,1-3H3/t18-/m0/s1. The molecule has 1 atom stereocenters. The van der Waals surface area contributed by atoms with E-state index in [9.17, 15) is 0 Å². The second-order valence-electron chi connectivity index (χ2n) is 8.58. The van der Waals surface area contributed by atoms with Crippen LogP contribution in [0.2, 0.25) is 0 Å². The number of hydrogen-bond donors (Lipinski definition) is 0. The lowest BCUT2D eigenvalue weighted by Gasteiger charge is -2.34.